The lowest BCUT2D eigenvalue weighted by molar-refractivity contribution is 0.717. The summed E-state index contributed by atoms with van der Waals surface area (Å²) in [5.41, 5.74) is 2.34. The monoisotopic (exact) mass is 284 g/mol. The maximum atomic E-state index is 5.73. The zero-order chi connectivity index (χ0) is 14.2. The van der Waals surface area contributed by atoms with Gasteiger partial charge in [0.1, 0.15) is 0 Å². The Hall–Kier alpha value is -1.85. The van der Waals surface area contributed by atoms with Gasteiger partial charge in [-0.3, -0.25) is 0 Å². The van der Waals surface area contributed by atoms with E-state index in [1.165, 1.54) is 24.8 Å². The smallest absolute Gasteiger partial charge is 0.205 e. The van der Waals surface area contributed by atoms with E-state index in [2.05, 4.69) is 40.9 Å². The first-order valence-corrected chi connectivity index (χ1v) is 7.24. The first kappa shape index (κ1) is 14.6. The van der Waals surface area contributed by atoms with Crippen molar-refractivity contribution in [2.24, 2.45) is 0 Å². The quantitative estimate of drug-likeness (QED) is 0.619. The van der Waals surface area contributed by atoms with Gasteiger partial charge in [0.15, 0.2) is 0 Å². The highest BCUT2D eigenvalue weighted by atomic mass is 35.5. The van der Waals surface area contributed by atoms with E-state index < -0.39 is 0 Å². The van der Waals surface area contributed by atoms with E-state index in [0.717, 1.165) is 12.0 Å². The molecule has 2 rings (SSSR count). The number of rotatable bonds is 4. The summed E-state index contributed by atoms with van der Waals surface area (Å²) in [6.07, 6.45) is 8.03. The molecular weight excluding hydrogens is 268 g/mol. The molecule has 0 amide bonds. The third kappa shape index (κ3) is 4.68. The van der Waals surface area contributed by atoms with Crippen LogP contribution >= 0.6 is 11.6 Å². The topological polar surface area (TPSA) is 25.8 Å². The lowest BCUT2D eigenvalue weighted by atomic mass is 10.1. The molecule has 0 fully saturated rings. The van der Waals surface area contributed by atoms with E-state index in [1.807, 2.05) is 12.1 Å². The minimum atomic E-state index is 0.487. The maximum Gasteiger partial charge on any atom is 0.205 e. The van der Waals surface area contributed by atoms with E-state index in [4.69, 9.17) is 11.6 Å². The summed E-state index contributed by atoms with van der Waals surface area (Å²) < 4.78 is 0. The zero-order valence-corrected chi connectivity index (χ0v) is 12.3. The van der Waals surface area contributed by atoms with Gasteiger partial charge >= 0.3 is 0 Å². The molecule has 0 aliphatic rings. The van der Waals surface area contributed by atoms with Crippen molar-refractivity contribution in [2.45, 2.75) is 32.6 Å². The SMILES string of the molecule is CCCCCc1ccc(C#Cc2ncc(Cl)cn2)cc1. The minimum absolute atomic E-state index is 0.487. The number of nitrogens with zero attached hydrogens (tertiary/aromatic N) is 2. The summed E-state index contributed by atoms with van der Waals surface area (Å²) in [5.74, 6) is 6.47. The third-order valence-corrected chi connectivity index (χ3v) is 3.16. The number of hydrogen-bond donors (Lipinski definition) is 0. The van der Waals surface area contributed by atoms with E-state index in [-0.39, 0.29) is 0 Å². The summed E-state index contributed by atoms with van der Waals surface area (Å²) in [6.45, 7) is 2.22. The van der Waals surface area contributed by atoms with Crippen LogP contribution in [0.3, 0.4) is 0 Å². The number of aryl methyl sites for hydroxylation is 1. The molecule has 0 spiro atoms. The number of hydrogen-bond acceptors (Lipinski definition) is 2. The zero-order valence-electron chi connectivity index (χ0n) is 11.6. The highest BCUT2D eigenvalue weighted by molar-refractivity contribution is 6.30. The van der Waals surface area contributed by atoms with Gasteiger partial charge in [-0.25, -0.2) is 9.97 Å². The van der Waals surface area contributed by atoms with Gasteiger partial charge in [-0.2, -0.15) is 0 Å². The van der Waals surface area contributed by atoms with Crippen LogP contribution in [0.4, 0.5) is 0 Å². The van der Waals surface area contributed by atoms with Crippen LogP contribution < -0.4 is 0 Å². The second-order valence-corrected chi connectivity index (χ2v) is 5.07. The van der Waals surface area contributed by atoms with Crippen molar-refractivity contribution >= 4 is 11.6 Å². The summed E-state index contributed by atoms with van der Waals surface area (Å²) in [4.78, 5) is 8.09. The summed E-state index contributed by atoms with van der Waals surface area (Å²) >= 11 is 5.73. The minimum Gasteiger partial charge on any atom is -0.228 e. The number of aromatic nitrogens is 2. The van der Waals surface area contributed by atoms with Gasteiger partial charge in [0.05, 0.1) is 17.4 Å². The average Bonchev–Trinajstić information content (AvgIpc) is 2.48. The van der Waals surface area contributed by atoms with Crippen molar-refractivity contribution in [3.05, 3.63) is 58.6 Å². The molecule has 1 aromatic carbocycles. The third-order valence-electron chi connectivity index (χ3n) is 2.96. The molecule has 3 heteroatoms. The molecule has 20 heavy (non-hydrogen) atoms. The van der Waals surface area contributed by atoms with Crippen molar-refractivity contribution in [1.82, 2.24) is 9.97 Å². The highest BCUT2D eigenvalue weighted by Gasteiger charge is 1.94. The molecule has 0 N–H and O–H groups in total. The van der Waals surface area contributed by atoms with E-state index in [0.29, 0.717) is 10.8 Å². The summed E-state index contributed by atoms with van der Waals surface area (Å²) in [6, 6.07) is 8.37. The molecule has 0 aliphatic carbocycles. The molecule has 0 aliphatic heterocycles. The molecule has 0 saturated carbocycles. The largest absolute Gasteiger partial charge is 0.228 e. The van der Waals surface area contributed by atoms with Crippen molar-refractivity contribution in [3.63, 3.8) is 0 Å². The van der Waals surface area contributed by atoms with Crippen LogP contribution in [0.2, 0.25) is 5.02 Å². The Balaban J connectivity index is 1.98. The molecule has 1 heterocycles. The molecule has 2 aromatic rings. The van der Waals surface area contributed by atoms with Gasteiger partial charge in [-0.05, 0) is 36.5 Å². The Kier molecular flexibility index (Phi) is 5.58. The van der Waals surface area contributed by atoms with Gasteiger partial charge < -0.3 is 0 Å². The Bertz CT molecular complexity index is 592. The van der Waals surface area contributed by atoms with Crippen LogP contribution in [-0.2, 0) is 6.42 Å². The molecule has 0 radical (unpaired) electrons. The fourth-order valence-electron chi connectivity index (χ4n) is 1.84. The van der Waals surface area contributed by atoms with Crippen LogP contribution in [0.1, 0.15) is 43.1 Å². The van der Waals surface area contributed by atoms with Gasteiger partial charge in [-0.15, -0.1) is 0 Å². The fraction of sp³-hybridized carbons (Fsp3) is 0.294. The van der Waals surface area contributed by atoms with Crippen LogP contribution in [0.25, 0.3) is 0 Å². The lowest BCUT2D eigenvalue weighted by Gasteiger charge is -2.00. The summed E-state index contributed by atoms with van der Waals surface area (Å²) in [5, 5.41) is 0.520. The van der Waals surface area contributed by atoms with Gasteiger partial charge in [0, 0.05) is 5.56 Å². The normalized spacial score (nSPS) is 9.90. The van der Waals surface area contributed by atoms with E-state index >= 15 is 0 Å². The van der Waals surface area contributed by atoms with Gasteiger partial charge in [0.25, 0.3) is 0 Å². The fourth-order valence-corrected chi connectivity index (χ4v) is 1.94. The molecule has 1 aromatic heterocycles. The number of unbranched alkanes of at least 4 members (excludes halogenated alkanes) is 2. The predicted octanol–water partition coefficient (Wildman–Crippen LogP) is 4.26. The lowest BCUT2D eigenvalue weighted by Crippen LogP contribution is -1.87. The number of benzene rings is 1. The second-order valence-electron chi connectivity index (χ2n) is 4.63. The van der Waals surface area contributed by atoms with Crippen molar-refractivity contribution < 1.29 is 0 Å². The molecule has 2 nitrogen and oxygen atoms in total. The molecule has 0 saturated heterocycles. The van der Waals surface area contributed by atoms with E-state index in [1.54, 1.807) is 12.4 Å². The second kappa shape index (κ2) is 7.67. The molecular formula is C17H17ClN2. The van der Waals surface area contributed by atoms with Crippen LogP contribution in [0, 0.1) is 11.8 Å². The first-order valence-electron chi connectivity index (χ1n) is 6.86. The Morgan fingerprint density at radius 2 is 1.70 bits per heavy atom. The molecule has 102 valence electrons. The van der Waals surface area contributed by atoms with Crippen LogP contribution in [-0.4, -0.2) is 9.97 Å². The summed E-state index contributed by atoms with van der Waals surface area (Å²) in [7, 11) is 0. The van der Waals surface area contributed by atoms with E-state index in [9.17, 15) is 0 Å². The average molecular weight is 285 g/mol. The van der Waals surface area contributed by atoms with Gasteiger partial charge in [-0.1, -0.05) is 49.4 Å². The van der Waals surface area contributed by atoms with Crippen molar-refractivity contribution in [2.75, 3.05) is 0 Å². The molecule has 0 atom stereocenters. The number of halogens is 1. The Labute approximate surface area is 125 Å². The molecule has 0 unspecified atom stereocenters. The molecule has 0 bridgehead atoms. The first-order chi connectivity index (χ1) is 9.78. The predicted molar refractivity (Wildman–Crippen MR) is 82.7 cm³/mol. The van der Waals surface area contributed by atoms with Crippen molar-refractivity contribution in [1.29, 1.82) is 0 Å². The Morgan fingerprint density at radius 3 is 2.35 bits per heavy atom. The van der Waals surface area contributed by atoms with Crippen molar-refractivity contribution in [3.8, 4) is 11.8 Å². The van der Waals surface area contributed by atoms with Gasteiger partial charge in [0.2, 0.25) is 5.82 Å². The Morgan fingerprint density at radius 1 is 1.00 bits per heavy atom. The van der Waals surface area contributed by atoms with Crippen LogP contribution in [0.15, 0.2) is 36.7 Å². The van der Waals surface area contributed by atoms with Crippen LogP contribution in [0.5, 0.6) is 0 Å². The standard InChI is InChI=1S/C17H17ClN2/c1-2-3-4-5-14-6-8-15(9-7-14)10-11-17-19-12-16(18)13-20-17/h6-9,12-13H,2-5H2,1H3. The maximum absolute atomic E-state index is 5.73. The highest BCUT2D eigenvalue weighted by Crippen LogP contribution is 2.08.